The maximum atomic E-state index is 2.65. The molecule has 1 saturated heterocycles. The molecule has 1 fully saturated rings. The summed E-state index contributed by atoms with van der Waals surface area (Å²) in [4.78, 5) is 2.65. The number of rotatable bonds is 1. The van der Waals surface area contributed by atoms with Crippen molar-refractivity contribution in [3.8, 4) is 11.1 Å². The zero-order chi connectivity index (χ0) is 16.0. The molecule has 3 aromatic rings. The van der Waals surface area contributed by atoms with Gasteiger partial charge in [-0.1, -0.05) is 66.7 Å². The first-order chi connectivity index (χ1) is 11.9. The predicted octanol–water partition coefficient (Wildman–Crippen LogP) is 5.41. The Bertz CT molecular complexity index is 883. The van der Waals surface area contributed by atoms with Gasteiger partial charge in [-0.05, 0) is 47.2 Å². The van der Waals surface area contributed by atoms with Gasteiger partial charge in [0.05, 0.1) is 5.54 Å². The summed E-state index contributed by atoms with van der Waals surface area (Å²) < 4.78 is 0. The number of para-hydroxylation sites is 1. The minimum absolute atomic E-state index is 0.103. The van der Waals surface area contributed by atoms with Crippen molar-refractivity contribution in [1.82, 2.24) is 0 Å². The van der Waals surface area contributed by atoms with Gasteiger partial charge in [0.25, 0.3) is 0 Å². The van der Waals surface area contributed by atoms with Crippen LogP contribution in [-0.4, -0.2) is 6.54 Å². The van der Waals surface area contributed by atoms with Crippen molar-refractivity contribution in [2.24, 2.45) is 0 Å². The van der Waals surface area contributed by atoms with Crippen LogP contribution in [0.1, 0.15) is 24.0 Å². The molecule has 0 bridgehead atoms. The van der Waals surface area contributed by atoms with E-state index >= 15 is 0 Å². The van der Waals surface area contributed by atoms with Crippen LogP contribution in [0.4, 0.5) is 5.69 Å². The van der Waals surface area contributed by atoms with Crippen molar-refractivity contribution in [3.05, 3.63) is 90.0 Å². The Balaban J connectivity index is 1.74. The smallest absolute Gasteiger partial charge is 0.0700 e. The van der Waals surface area contributed by atoms with Crippen molar-refractivity contribution in [2.45, 2.75) is 24.8 Å². The highest BCUT2D eigenvalue weighted by Gasteiger charge is 2.46. The van der Waals surface area contributed by atoms with Gasteiger partial charge in [0, 0.05) is 18.7 Å². The molecule has 1 heterocycles. The zero-order valence-corrected chi connectivity index (χ0v) is 13.8. The molecule has 24 heavy (non-hydrogen) atoms. The standard InChI is InChI=1S/C23H21N/c1-2-10-19(11-3-1)24-16-8-15-23(24)17-18-9-4-5-12-20(18)21-13-6-7-14-22(21)23/h1-7,9-14H,8,15-17H2. The summed E-state index contributed by atoms with van der Waals surface area (Å²) in [5, 5.41) is 0. The largest absolute Gasteiger partial charge is 0.361 e. The molecule has 3 aromatic carbocycles. The molecule has 1 aliphatic heterocycles. The monoisotopic (exact) mass is 311 g/mol. The van der Waals surface area contributed by atoms with E-state index in [1.807, 2.05) is 0 Å². The van der Waals surface area contributed by atoms with E-state index in [1.54, 1.807) is 0 Å². The molecule has 1 heteroatoms. The van der Waals surface area contributed by atoms with Crippen molar-refractivity contribution in [2.75, 3.05) is 11.4 Å². The maximum absolute atomic E-state index is 2.65. The Labute approximate surface area is 143 Å². The number of hydrogen-bond donors (Lipinski definition) is 0. The van der Waals surface area contributed by atoms with Crippen LogP contribution in [0.25, 0.3) is 11.1 Å². The van der Waals surface area contributed by atoms with Crippen LogP contribution in [0.2, 0.25) is 0 Å². The highest BCUT2D eigenvalue weighted by atomic mass is 15.2. The van der Waals surface area contributed by atoms with Crippen molar-refractivity contribution in [3.63, 3.8) is 0 Å². The minimum atomic E-state index is 0.103. The van der Waals surface area contributed by atoms with E-state index < -0.39 is 0 Å². The number of benzene rings is 3. The van der Waals surface area contributed by atoms with Gasteiger partial charge in [0.1, 0.15) is 0 Å². The highest BCUT2D eigenvalue weighted by Crippen LogP contribution is 2.51. The molecule has 1 atom stereocenters. The first-order valence-corrected chi connectivity index (χ1v) is 8.89. The van der Waals surface area contributed by atoms with Gasteiger partial charge < -0.3 is 4.90 Å². The van der Waals surface area contributed by atoms with Crippen LogP contribution in [0.15, 0.2) is 78.9 Å². The molecule has 2 aliphatic rings. The number of fused-ring (bicyclic) bond motifs is 4. The molecule has 0 N–H and O–H groups in total. The molecule has 0 aromatic heterocycles. The molecule has 118 valence electrons. The van der Waals surface area contributed by atoms with E-state index in [2.05, 4.69) is 83.8 Å². The van der Waals surface area contributed by atoms with Gasteiger partial charge in [0.15, 0.2) is 0 Å². The van der Waals surface area contributed by atoms with Crippen LogP contribution in [0.3, 0.4) is 0 Å². The number of hydrogen-bond acceptors (Lipinski definition) is 1. The molecule has 1 spiro atoms. The van der Waals surface area contributed by atoms with E-state index in [9.17, 15) is 0 Å². The van der Waals surface area contributed by atoms with Crippen LogP contribution in [0.5, 0.6) is 0 Å². The summed E-state index contributed by atoms with van der Waals surface area (Å²) in [6, 6.07) is 28.9. The summed E-state index contributed by atoms with van der Waals surface area (Å²) in [5.74, 6) is 0. The first kappa shape index (κ1) is 13.9. The Hall–Kier alpha value is -2.54. The van der Waals surface area contributed by atoms with Gasteiger partial charge in [-0.15, -0.1) is 0 Å². The summed E-state index contributed by atoms with van der Waals surface area (Å²) >= 11 is 0. The lowest BCUT2D eigenvalue weighted by Gasteiger charge is -2.45. The van der Waals surface area contributed by atoms with Gasteiger partial charge >= 0.3 is 0 Å². The van der Waals surface area contributed by atoms with E-state index in [0.717, 1.165) is 13.0 Å². The van der Waals surface area contributed by atoms with Crippen molar-refractivity contribution < 1.29 is 0 Å². The molecule has 0 amide bonds. The molecule has 5 rings (SSSR count). The second-order valence-electron chi connectivity index (χ2n) is 7.00. The molecule has 1 nitrogen and oxygen atoms in total. The van der Waals surface area contributed by atoms with E-state index in [-0.39, 0.29) is 5.54 Å². The Kier molecular flexibility index (Phi) is 3.02. The maximum Gasteiger partial charge on any atom is 0.0700 e. The fraction of sp³-hybridized carbons (Fsp3) is 0.217. The Morgan fingerprint density at radius 1 is 0.708 bits per heavy atom. The Morgan fingerprint density at radius 2 is 1.42 bits per heavy atom. The van der Waals surface area contributed by atoms with Crippen LogP contribution in [-0.2, 0) is 12.0 Å². The molecular weight excluding hydrogens is 290 g/mol. The fourth-order valence-electron chi connectivity index (χ4n) is 4.80. The van der Waals surface area contributed by atoms with Gasteiger partial charge in [-0.25, -0.2) is 0 Å². The van der Waals surface area contributed by atoms with Gasteiger partial charge in [0.2, 0.25) is 0 Å². The zero-order valence-electron chi connectivity index (χ0n) is 13.8. The van der Waals surface area contributed by atoms with Crippen LogP contribution < -0.4 is 4.90 Å². The molecule has 1 aliphatic carbocycles. The summed E-state index contributed by atoms with van der Waals surface area (Å²) in [6.45, 7) is 1.14. The highest BCUT2D eigenvalue weighted by molar-refractivity contribution is 5.77. The van der Waals surface area contributed by atoms with E-state index in [1.165, 1.54) is 40.8 Å². The second kappa shape index (κ2) is 5.24. The normalized spacial score (nSPS) is 21.6. The fourth-order valence-corrected chi connectivity index (χ4v) is 4.80. The lowest BCUT2D eigenvalue weighted by Crippen LogP contribution is -2.45. The second-order valence-corrected chi connectivity index (χ2v) is 7.00. The summed E-state index contributed by atoms with van der Waals surface area (Å²) in [6.07, 6.45) is 3.59. The third-order valence-corrected chi connectivity index (χ3v) is 5.78. The SMILES string of the molecule is c1ccc(N2CCCC23Cc2ccccc2-c2ccccc23)cc1. The first-order valence-electron chi connectivity index (χ1n) is 8.89. The topological polar surface area (TPSA) is 3.24 Å². The minimum Gasteiger partial charge on any atom is -0.361 e. The van der Waals surface area contributed by atoms with Gasteiger partial charge in [-0.3, -0.25) is 0 Å². The Morgan fingerprint density at radius 3 is 2.29 bits per heavy atom. The predicted molar refractivity (Wildman–Crippen MR) is 100 cm³/mol. The third kappa shape index (κ3) is 1.88. The lowest BCUT2D eigenvalue weighted by molar-refractivity contribution is 0.436. The lowest BCUT2D eigenvalue weighted by atomic mass is 9.72. The number of anilines is 1. The quantitative estimate of drug-likeness (QED) is 0.581. The molecular formula is C23H21N. The summed E-state index contributed by atoms with van der Waals surface area (Å²) in [7, 11) is 0. The van der Waals surface area contributed by atoms with Gasteiger partial charge in [-0.2, -0.15) is 0 Å². The van der Waals surface area contributed by atoms with Crippen LogP contribution in [0, 0.1) is 0 Å². The summed E-state index contributed by atoms with van der Waals surface area (Å²) in [5.41, 5.74) is 7.28. The molecule has 0 saturated carbocycles. The van der Waals surface area contributed by atoms with E-state index in [4.69, 9.17) is 0 Å². The molecule has 1 unspecified atom stereocenters. The van der Waals surface area contributed by atoms with E-state index in [0.29, 0.717) is 0 Å². The number of nitrogens with zero attached hydrogens (tertiary/aromatic N) is 1. The molecule has 0 radical (unpaired) electrons. The van der Waals surface area contributed by atoms with Crippen molar-refractivity contribution >= 4 is 5.69 Å². The third-order valence-electron chi connectivity index (χ3n) is 5.78. The average molecular weight is 311 g/mol. The average Bonchev–Trinajstić information content (AvgIpc) is 3.07. The van der Waals surface area contributed by atoms with Crippen LogP contribution >= 0.6 is 0 Å². The van der Waals surface area contributed by atoms with Crippen molar-refractivity contribution in [1.29, 1.82) is 0 Å².